The summed E-state index contributed by atoms with van der Waals surface area (Å²) in [5, 5.41) is 3.82. The number of nitrogens with one attached hydrogen (secondary N) is 1. The second kappa shape index (κ2) is 4.97. The Balaban J connectivity index is 2.34. The zero-order valence-electron chi connectivity index (χ0n) is 9.20. The van der Waals surface area contributed by atoms with Gasteiger partial charge < -0.3 is 10.1 Å². The third-order valence-corrected chi connectivity index (χ3v) is 2.99. The number of thiazole rings is 1. The van der Waals surface area contributed by atoms with Gasteiger partial charge >= 0.3 is 0 Å². The van der Waals surface area contributed by atoms with Crippen molar-refractivity contribution < 1.29 is 4.74 Å². The molecule has 1 heterocycles. The molecule has 0 aliphatic rings. The summed E-state index contributed by atoms with van der Waals surface area (Å²) >= 11 is 1.58. The number of benzene rings is 1. The summed E-state index contributed by atoms with van der Waals surface area (Å²) in [6.45, 7) is 0.680. The molecule has 0 aliphatic heterocycles. The molecule has 2 aromatic rings. The summed E-state index contributed by atoms with van der Waals surface area (Å²) in [7, 11) is 3.54. The Hall–Kier alpha value is -1.57. The predicted molar refractivity (Wildman–Crippen MR) is 67.0 cm³/mol. The molecule has 1 aromatic carbocycles. The number of aromatic nitrogens is 1. The van der Waals surface area contributed by atoms with Gasteiger partial charge in [-0.05, 0) is 31.2 Å². The Labute approximate surface area is 98.5 Å². The van der Waals surface area contributed by atoms with Gasteiger partial charge in [0.25, 0.3) is 0 Å². The van der Waals surface area contributed by atoms with Gasteiger partial charge in [-0.3, -0.25) is 0 Å². The van der Waals surface area contributed by atoms with Gasteiger partial charge in [0.2, 0.25) is 0 Å². The standard InChI is InChI=1S/C12H12N2OS/c1-13-7-3-4-12-14-10-6-5-9(15-2)8-11(10)16-12/h5-6,8,13H,7H2,1-2H3. The van der Waals surface area contributed by atoms with Crippen molar-refractivity contribution in [3.8, 4) is 17.6 Å². The van der Waals surface area contributed by atoms with Crippen molar-refractivity contribution in [2.75, 3.05) is 20.7 Å². The molecule has 1 aromatic heterocycles. The number of methoxy groups -OCH3 is 1. The lowest BCUT2D eigenvalue weighted by Crippen LogP contribution is -2.04. The second-order valence-electron chi connectivity index (χ2n) is 3.18. The van der Waals surface area contributed by atoms with Gasteiger partial charge in [-0.15, -0.1) is 11.3 Å². The molecule has 0 atom stereocenters. The van der Waals surface area contributed by atoms with Crippen molar-refractivity contribution >= 4 is 21.6 Å². The van der Waals surface area contributed by atoms with E-state index >= 15 is 0 Å². The molecular formula is C12H12N2OS. The van der Waals surface area contributed by atoms with Crippen LogP contribution in [-0.2, 0) is 0 Å². The minimum Gasteiger partial charge on any atom is -0.497 e. The maximum absolute atomic E-state index is 5.16. The molecule has 0 radical (unpaired) electrons. The first-order valence-electron chi connectivity index (χ1n) is 4.91. The Bertz CT molecular complexity index is 551. The molecule has 16 heavy (non-hydrogen) atoms. The maximum atomic E-state index is 5.16. The smallest absolute Gasteiger partial charge is 0.168 e. The molecular weight excluding hydrogens is 220 g/mol. The largest absolute Gasteiger partial charge is 0.497 e. The van der Waals surface area contributed by atoms with E-state index in [1.165, 1.54) is 0 Å². The van der Waals surface area contributed by atoms with Crippen LogP contribution < -0.4 is 10.1 Å². The highest BCUT2D eigenvalue weighted by atomic mass is 32.1. The SMILES string of the molecule is CNCC#Cc1nc2ccc(OC)cc2s1. The quantitative estimate of drug-likeness (QED) is 0.803. The van der Waals surface area contributed by atoms with E-state index in [1.54, 1.807) is 18.4 Å². The molecule has 4 heteroatoms. The van der Waals surface area contributed by atoms with Crippen LogP contribution >= 0.6 is 11.3 Å². The highest BCUT2D eigenvalue weighted by Gasteiger charge is 2.02. The number of fused-ring (bicyclic) bond motifs is 1. The molecule has 0 spiro atoms. The van der Waals surface area contributed by atoms with Crippen molar-refractivity contribution in [1.82, 2.24) is 10.3 Å². The fourth-order valence-corrected chi connectivity index (χ4v) is 2.16. The summed E-state index contributed by atoms with van der Waals surface area (Å²) in [4.78, 5) is 4.42. The predicted octanol–water partition coefficient (Wildman–Crippen LogP) is 1.88. The van der Waals surface area contributed by atoms with Crippen LogP contribution in [0.2, 0.25) is 0 Å². The minimum atomic E-state index is 0.680. The van der Waals surface area contributed by atoms with Crippen molar-refractivity contribution in [2.24, 2.45) is 0 Å². The van der Waals surface area contributed by atoms with Crippen LogP contribution in [0, 0.1) is 11.8 Å². The summed E-state index contributed by atoms with van der Waals surface area (Å²) < 4.78 is 6.27. The van der Waals surface area contributed by atoms with Crippen LogP contribution in [0.15, 0.2) is 18.2 Å². The summed E-state index contributed by atoms with van der Waals surface area (Å²) in [5.74, 6) is 6.88. The van der Waals surface area contributed by atoms with E-state index in [0.29, 0.717) is 6.54 Å². The number of ether oxygens (including phenoxy) is 1. The first kappa shape index (κ1) is 10.9. The molecule has 0 saturated heterocycles. The Morgan fingerprint density at radius 2 is 2.38 bits per heavy atom. The third-order valence-electron chi connectivity index (χ3n) is 2.06. The molecule has 0 unspecified atom stereocenters. The first-order valence-corrected chi connectivity index (χ1v) is 5.73. The van der Waals surface area contributed by atoms with Crippen molar-refractivity contribution in [2.45, 2.75) is 0 Å². The van der Waals surface area contributed by atoms with Gasteiger partial charge in [-0.1, -0.05) is 5.92 Å². The Morgan fingerprint density at radius 1 is 1.50 bits per heavy atom. The topological polar surface area (TPSA) is 34.2 Å². The Morgan fingerprint density at radius 3 is 3.12 bits per heavy atom. The van der Waals surface area contributed by atoms with Crippen LogP contribution in [-0.4, -0.2) is 25.7 Å². The summed E-state index contributed by atoms with van der Waals surface area (Å²) in [6.07, 6.45) is 0. The van der Waals surface area contributed by atoms with Crippen LogP contribution in [0.5, 0.6) is 5.75 Å². The monoisotopic (exact) mass is 232 g/mol. The lowest BCUT2D eigenvalue weighted by Gasteiger charge is -1.96. The van der Waals surface area contributed by atoms with Gasteiger partial charge in [0.05, 0.1) is 23.9 Å². The molecule has 2 rings (SSSR count). The van der Waals surface area contributed by atoms with Crippen LogP contribution in [0.3, 0.4) is 0 Å². The van der Waals surface area contributed by atoms with Crippen LogP contribution in [0.4, 0.5) is 0 Å². The van der Waals surface area contributed by atoms with E-state index in [9.17, 15) is 0 Å². The zero-order chi connectivity index (χ0) is 11.4. The zero-order valence-corrected chi connectivity index (χ0v) is 10.0. The summed E-state index contributed by atoms with van der Waals surface area (Å²) in [5.41, 5.74) is 0.972. The van der Waals surface area contributed by atoms with E-state index < -0.39 is 0 Å². The van der Waals surface area contributed by atoms with Crippen LogP contribution in [0.25, 0.3) is 10.2 Å². The number of hydrogen-bond donors (Lipinski definition) is 1. The third kappa shape index (κ3) is 2.32. The molecule has 3 nitrogen and oxygen atoms in total. The number of rotatable bonds is 2. The fraction of sp³-hybridized carbons (Fsp3) is 0.250. The van der Waals surface area contributed by atoms with E-state index in [1.807, 2.05) is 25.2 Å². The van der Waals surface area contributed by atoms with Gasteiger partial charge in [-0.25, -0.2) is 4.98 Å². The Kier molecular flexibility index (Phi) is 3.40. The van der Waals surface area contributed by atoms with Gasteiger partial charge in [0.15, 0.2) is 5.01 Å². The lowest BCUT2D eigenvalue weighted by atomic mass is 10.3. The van der Waals surface area contributed by atoms with E-state index in [-0.39, 0.29) is 0 Å². The van der Waals surface area contributed by atoms with Crippen molar-refractivity contribution in [3.05, 3.63) is 23.2 Å². The molecule has 0 amide bonds. The average molecular weight is 232 g/mol. The maximum Gasteiger partial charge on any atom is 0.168 e. The van der Waals surface area contributed by atoms with E-state index in [2.05, 4.69) is 22.1 Å². The van der Waals surface area contributed by atoms with Crippen LogP contribution in [0.1, 0.15) is 5.01 Å². The number of hydrogen-bond acceptors (Lipinski definition) is 4. The summed E-state index contributed by atoms with van der Waals surface area (Å²) in [6, 6.07) is 5.84. The van der Waals surface area contributed by atoms with Gasteiger partial charge in [0, 0.05) is 0 Å². The minimum absolute atomic E-state index is 0.680. The molecule has 0 saturated carbocycles. The second-order valence-corrected chi connectivity index (χ2v) is 4.22. The van der Waals surface area contributed by atoms with Crippen molar-refractivity contribution in [3.63, 3.8) is 0 Å². The van der Waals surface area contributed by atoms with Gasteiger partial charge in [0.1, 0.15) is 5.75 Å². The molecule has 0 fully saturated rings. The number of nitrogens with zero attached hydrogens (tertiary/aromatic N) is 1. The highest BCUT2D eigenvalue weighted by Crippen LogP contribution is 2.25. The fourth-order valence-electron chi connectivity index (χ4n) is 1.29. The average Bonchev–Trinajstić information content (AvgIpc) is 2.70. The molecule has 82 valence electrons. The highest BCUT2D eigenvalue weighted by molar-refractivity contribution is 7.19. The van der Waals surface area contributed by atoms with Crippen molar-refractivity contribution in [1.29, 1.82) is 0 Å². The first-order chi connectivity index (χ1) is 7.83. The lowest BCUT2D eigenvalue weighted by molar-refractivity contribution is 0.415. The van der Waals surface area contributed by atoms with Gasteiger partial charge in [-0.2, -0.15) is 0 Å². The molecule has 0 bridgehead atoms. The normalized spacial score (nSPS) is 9.88. The van der Waals surface area contributed by atoms with E-state index in [4.69, 9.17) is 4.74 Å². The molecule has 1 N–H and O–H groups in total. The van der Waals surface area contributed by atoms with E-state index in [0.717, 1.165) is 21.0 Å². The molecule has 0 aliphatic carbocycles.